The summed E-state index contributed by atoms with van der Waals surface area (Å²) in [5.74, 6) is 2.27. The molecule has 1 atom stereocenters. The fraction of sp³-hybridized carbons (Fsp3) is 0.760. The molecule has 164 valence electrons. The molecule has 0 N–H and O–H groups in total. The van der Waals surface area contributed by atoms with Gasteiger partial charge in [0.1, 0.15) is 0 Å². The lowest BCUT2D eigenvalue weighted by molar-refractivity contribution is -0.139. The van der Waals surface area contributed by atoms with Crippen LogP contribution in [0.2, 0.25) is 0 Å². The van der Waals surface area contributed by atoms with Gasteiger partial charge in [0.2, 0.25) is 5.91 Å². The molecule has 3 heterocycles. The number of hydrogen-bond acceptors (Lipinski definition) is 4. The summed E-state index contributed by atoms with van der Waals surface area (Å²) in [4.78, 5) is 24.9. The van der Waals surface area contributed by atoms with Gasteiger partial charge in [0.25, 0.3) is 0 Å². The van der Waals surface area contributed by atoms with Gasteiger partial charge in [-0.2, -0.15) is 0 Å². The highest BCUT2D eigenvalue weighted by Crippen LogP contribution is 2.47. The Morgan fingerprint density at radius 2 is 1.70 bits per heavy atom. The number of nitrogens with zero attached hydrogens (tertiary/aromatic N) is 4. The van der Waals surface area contributed by atoms with Crippen LogP contribution in [0, 0.1) is 17.8 Å². The van der Waals surface area contributed by atoms with Gasteiger partial charge in [0, 0.05) is 44.6 Å². The predicted octanol–water partition coefficient (Wildman–Crippen LogP) is 3.41. The van der Waals surface area contributed by atoms with E-state index in [1.807, 2.05) is 12.4 Å². The second-order valence-electron chi connectivity index (χ2n) is 10.3. The number of rotatable bonds is 7. The number of pyridine rings is 1. The van der Waals surface area contributed by atoms with E-state index in [0.717, 1.165) is 44.4 Å². The Kier molecular flexibility index (Phi) is 6.10. The largest absolute Gasteiger partial charge is 0.342 e. The van der Waals surface area contributed by atoms with Crippen molar-refractivity contribution >= 4 is 5.91 Å². The molecule has 0 unspecified atom stereocenters. The van der Waals surface area contributed by atoms with Crippen LogP contribution in [-0.4, -0.2) is 70.9 Å². The van der Waals surface area contributed by atoms with Gasteiger partial charge in [0.05, 0.1) is 5.92 Å². The first-order valence-electron chi connectivity index (χ1n) is 12.3. The molecule has 1 aromatic rings. The molecular formula is C25H38N4O. The van der Waals surface area contributed by atoms with Crippen molar-refractivity contribution in [1.29, 1.82) is 0 Å². The van der Waals surface area contributed by atoms with E-state index in [9.17, 15) is 4.79 Å². The highest BCUT2D eigenvalue weighted by atomic mass is 16.2. The lowest BCUT2D eigenvalue weighted by Gasteiger charge is -2.43. The SMILES string of the molecule is CN(C(=O)[C@@H]1CCCN(C2CCN(Cc3ccncc3)CC2)C1)C(C1CC1)C1CC1. The summed E-state index contributed by atoms with van der Waals surface area (Å²) in [6.07, 6.45) is 13.9. The normalized spacial score (nSPS) is 26.8. The van der Waals surface area contributed by atoms with Gasteiger partial charge >= 0.3 is 0 Å². The molecule has 5 rings (SSSR count). The van der Waals surface area contributed by atoms with Gasteiger partial charge in [-0.1, -0.05) is 0 Å². The molecule has 5 nitrogen and oxygen atoms in total. The van der Waals surface area contributed by atoms with Crippen molar-refractivity contribution in [2.75, 3.05) is 33.2 Å². The maximum absolute atomic E-state index is 13.4. The van der Waals surface area contributed by atoms with Gasteiger partial charge in [0.15, 0.2) is 0 Å². The number of carbonyl (C=O) groups excluding carboxylic acids is 1. The first kappa shape index (κ1) is 20.4. The molecule has 0 aromatic carbocycles. The molecule has 1 amide bonds. The van der Waals surface area contributed by atoms with Crippen molar-refractivity contribution in [2.45, 2.75) is 70.0 Å². The van der Waals surface area contributed by atoms with E-state index in [0.29, 0.717) is 18.0 Å². The van der Waals surface area contributed by atoms with Crippen LogP contribution in [0.25, 0.3) is 0 Å². The predicted molar refractivity (Wildman–Crippen MR) is 119 cm³/mol. The van der Waals surface area contributed by atoms with Gasteiger partial charge in [-0.3, -0.25) is 19.6 Å². The minimum absolute atomic E-state index is 0.221. The maximum atomic E-state index is 13.4. The maximum Gasteiger partial charge on any atom is 0.226 e. The lowest BCUT2D eigenvalue weighted by Crippen LogP contribution is -2.52. The van der Waals surface area contributed by atoms with Gasteiger partial charge in [-0.25, -0.2) is 0 Å². The Bertz CT molecular complexity index is 697. The number of aromatic nitrogens is 1. The fourth-order valence-corrected chi connectivity index (χ4v) is 6.06. The number of likely N-dealkylation sites (tertiary alicyclic amines) is 2. The highest BCUT2D eigenvalue weighted by Gasteiger charge is 2.46. The molecule has 0 bridgehead atoms. The molecule has 4 fully saturated rings. The second kappa shape index (κ2) is 8.96. The Labute approximate surface area is 181 Å². The molecular weight excluding hydrogens is 372 g/mol. The third kappa shape index (κ3) is 4.72. The molecule has 30 heavy (non-hydrogen) atoms. The lowest BCUT2D eigenvalue weighted by atomic mass is 9.92. The standard InChI is InChI=1S/C25H38N4O/c1-27(24(20-4-5-20)21-6-7-21)25(30)22-3-2-14-29(18-22)23-10-15-28(16-11-23)17-19-8-12-26-13-9-19/h8-9,12-13,20-24H,2-7,10-11,14-18H2,1H3/t22-/m1/s1. The van der Waals surface area contributed by atoms with E-state index in [1.165, 1.54) is 57.1 Å². The second-order valence-corrected chi connectivity index (χ2v) is 10.3. The van der Waals surface area contributed by atoms with E-state index in [-0.39, 0.29) is 5.92 Å². The molecule has 0 spiro atoms. The van der Waals surface area contributed by atoms with Crippen molar-refractivity contribution in [3.8, 4) is 0 Å². The summed E-state index contributed by atoms with van der Waals surface area (Å²) in [6.45, 7) is 5.52. The zero-order valence-corrected chi connectivity index (χ0v) is 18.6. The third-order valence-electron chi connectivity index (χ3n) is 8.04. The number of amides is 1. The van der Waals surface area contributed by atoms with Crippen LogP contribution in [0.4, 0.5) is 0 Å². The van der Waals surface area contributed by atoms with Crippen molar-refractivity contribution in [2.24, 2.45) is 17.8 Å². The monoisotopic (exact) mass is 410 g/mol. The Balaban J connectivity index is 1.13. The fourth-order valence-electron chi connectivity index (χ4n) is 6.06. The Morgan fingerprint density at radius 1 is 1.03 bits per heavy atom. The zero-order chi connectivity index (χ0) is 20.5. The Hall–Kier alpha value is -1.46. The first-order valence-corrected chi connectivity index (χ1v) is 12.3. The summed E-state index contributed by atoms with van der Waals surface area (Å²) in [7, 11) is 2.11. The van der Waals surface area contributed by atoms with E-state index in [2.05, 4.69) is 38.9 Å². The summed E-state index contributed by atoms with van der Waals surface area (Å²) < 4.78 is 0. The smallest absolute Gasteiger partial charge is 0.226 e. The summed E-state index contributed by atoms with van der Waals surface area (Å²) in [5, 5.41) is 0. The van der Waals surface area contributed by atoms with Crippen LogP contribution in [0.15, 0.2) is 24.5 Å². The molecule has 5 heteroatoms. The summed E-state index contributed by atoms with van der Waals surface area (Å²) in [6, 6.07) is 5.45. The quantitative estimate of drug-likeness (QED) is 0.691. The molecule has 2 aliphatic carbocycles. The van der Waals surface area contributed by atoms with Crippen molar-refractivity contribution < 1.29 is 4.79 Å². The topological polar surface area (TPSA) is 39.7 Å². The van der Waals surface area contributed by atoms with Crippen molar-refractivity contribution in [3.05, 3.63) is 30.1 Å². The third-order valence-corrected chi connectivity index (χ3v) is 8.04. The molecule has 4 aliphatic rings. The Morgan fingerprint density at radius 3 is 2.33 bits per heavy atom. The van der Waals surface area contributed by atoms with Crippen molar-refractivity contribution in [3.63, 3.8) is 0 Å². The van der Waals surface area contributed by atoms with Crippen LogP contribution < -0.4 is 0 Å². The van der Waals surface area contributed by atoms with Crippen molar-refractivity contribution in [1.82, 2.24) is 19.7 Å². The molecule has 2 saturated heterocycles. The average molecular weight is 411 g/mol. The van der Waals surface area contributed by atoms with E-state index >= 15 is 0 Å². The van der Waals surface area contributed by atoms with Gasteiger partial charge in [-0.15, -0.1) is 0 Å². The number of hydrogen-bond donors (Lipinski definition) is 0. The minimum atomic E-state index is 0.221. The van der Waals surface area contributed by atoms with E-state index in [1.54, 1.807) is 0 Å². The molecule has 2 aliphatic heterocycles. The summed E-state index contributed by atoms with van der Waals surface area (Å²) >= 11 is 0. The minimum Gasteiger partial charge on any atom is -0.342 e. The number of carbonyl (C=O) groups is 1. The van der Waals surface area contributed by atoms with Gasteiger partial charge < -0.3 is 4.90 Å². The molecule has 2 saturated carbocycles. The average Bonchev–Trinajstić information content (AvgIpc) is 3.71. The summed E-state index contributed by atoms with van der Waals surface area (Å²) in [5.41, 5.74) is 1.36. The zero-order valence-electron chi connectivity index (χ0n) is 18.6. The molecule has 1 aromatic heterocycles. The van der Waals surface area contributed by atoms with E-state index < -0.39 is 0 Å². The van der Waals surface area contributed by atoms with Crippen LogP contribution in [-0.2, 0) is 11.3 Å². The van der Waals surface area contributed by atoms with Crippen LogP contribution in [0.3, 0.4) is 0 Å². The highest BCUT2D eigenvalue weighted by molar-refractivity contribution is 5.79. The van der Waals surface area contributed by atoms with E-state index in [4.69, 9.17) is 0 Å². The van der Waals surface area contributed by atoms with Gasteiger partial charge in [-0.05, 0) is 101 Å². The van der Waals surface area contributed by atoms with Crippen LogP contribution in [0.1, 0.15) is 56.9 Å². The first-order chi connectivity index (χ1) is 14.7. The van der Waals surface area contributed by atoms with Crippen LogP contribution >= 0.6 is 0 Å². The molecule has 0 radical (unpaired) electrons. The number of piperidine rings is 2. The van der Waals surface area contributed by atoms with Crippen LogP contribution in [0.5, 0.6) is 0 Å².